The van der Waals surface area contributed by atoms with Gasteiger partial charge in [0.15, 0.2) is 0 Å². The fraction of sp³-hybridized carbons (Fsp3) is 0.500. The summed E-state index contributed by atoms with van der Waals surface area (Å²) >= 11 is 11.6. The Balaban J connectivity index is 2.78. The predicted octanol–water partition coefficient (Wildman–Crippen LogP) is 3.65. The van der Waals surface area contributed by atoms with Crippen molar-refractivity contribution < 1.29 is 4.74 Å². The van der Waals surface area contributed by atoms with Crippen molar-refractivity contribution in [2.45, 2.75) is 32.3 Å². The van der Waals surface area contributed by atoms with E-state index in [-0.39, 0.29) is 6.10 Å². The van der Waals surface area contributed by atoms with Crippen molar-refractivity contribution in [1.82, 2.24) is 4.98 Å². The van der Waals surface area contributed by atoms with Gasteiger partial charge in [-0.05, 0) is 25.0 Å². The van der Waals surface area contributed by atoms with Gasteiger partial charge in [-0.1, -0.05) is 18.5 Å². The van der Waals surface area contributed by atoms with Crippen LogP contribution in [-0.4, -0.2) is 11.1 Å². The van der Waals surface area contributed by atoms with Crippen molar-refractivity contribution in [2.24, 2.45) is 0 Å². The summed E-state index contributed by atoms with van der Waals surface area (Å²) in [6, 6.07) is 1.78. The summed E-state index contributed by atoms with van der Waals surface area (Å²) in [6.07, 6.45) is 2.73. The Bertz CT molecular complexity index is 304. The smallest absolute Gasteiger partial charge is 0.232 e. The lowest BCUT2D eigenvalue weighted by Crippen LogP contribution is -2.11. The lowest BCUT2D eigenvalue weighted by molar-refractivity contribution is 0.209. The molecule has 1 atom stereocenters. The number of ether oxygens (including phenoxy) is 1. The fourth-order valence-electron chi connectivity index (χ4n) is 0.899. The van der Waals surface area contributed by atoms with Crippen molar-refractivity contribution in [3.8, 4) is 5.88 Å². The summed E-state index contributed by atoms with van der Waals surface area (Å²) in [6.45, 7) is 4.03. The quantitative estimate of drug-likeness (QED) is 0.742. The highest BCUT2D eigenvalue weighted by Gasteiger charge is 2.07. The van der Waals surface area contributed by atoms with Crippen LogP contribution in [0, 0.1) is 0 Å². The van der Waals surface area contributed by atoms with Crippen molar-refractivity contribution in [2.75, 3.05) is 0 Å². The van der Waals surface area contributed by atoms with E-state index in [1.807, 2.05) is 13.8 Å². The number of pyridine rings is 1. The van der Waals surface area contributed by atoms with Crippen LogP contribution in [0.1, 0.15) is 25.8 Å². The molecule has 0 saturated heterocycles. The van der Waals surface area contributed by atoms with E-state index in [2.05, 4.69) is 4.98 Å². The van der Waals surface area contributed by atoms with Crippen LogP contribution in [0.4, 0.5) is 0 Å². The molecule has 1 unspecified atom stereocenters. The molecule has 0 amide bonds. The minimum atomic E-state index is 0.127. The summed E-state index contributed by atoms with van der Waals surface area (Å²) < 4.78 is 5.51. The SMILES string of the molecule is CCC(C)Oc1ncc(CCl)cc1Cl. The van der Waals surface area contributed by atoms with Crippen molar-refractivity contribution >= 4 is 23.2 Å². The third kappa shape index (κ3) is 3.03. The molecule has 78 valence electrons. The minimum absolute atomic E-state index is 0.127. The first-order valence-corrected chi connectivity index (χ1v) is 5.45. The van der Waals surface area contributed by atoms with Gasteiger partial charge in [-0.3, -0.25) is 0 Å². The molecule has 0 aromatic carbocycles. The molecule has 0 spiro atoms. The van der Waals surface area contributed by atoms with Gasteiger partial charge in [0, 0.05) is 12.1 Å². The van der Waals surface area contributed by atoms with Gasteiger partial charge in [0.1, 0.15) is 5.02 Å². The maximum Gasteiger partial charge on any atom is 0.232 e. The van der Waals surface area contributed by atoms with Gasteiger partial charge >= 0.3 is 0 Å². The van der Waals surface area contributed by atoms with Crippen molar-refractivity contribution in [3.05, 3.63) is 22.8 Å². The first-order chi connectivity index (χ1) is 6.67. The lowest BCUT2D eigenvalue weighted by Gasteiger charge is -2.12. The van der Waals surface area contributed by atoms with E-state index in [1.165, 1.54) is 0 Å². The first-order valence-electron chi connectivity index (χ1n) is 4.54. The third-order valence-electron chi connectivity index (χ3n) is 1.91. The minimum Gasteiger partial charge on any atom is -0.474 e. The molecule has 1 heterocycles. The zero-order valence-electron chi connectivity index (χ0n) is 8.26. The monoisotopic (exact) mass is 233 g/mol. The summed E-state index contributed by atoms with van der Waals surface area (Å²) in [5.74, 6) is 0.894. The normalized spacial score (nSPS) is 12.6. The molecular formula is C10H13Cl2NO. The Morgan fingerprint density at radius 3 is 2.79 bits per heavy atom. The van der Waals surface area contributed by atoms with Gasteiger partial charge in [0.05, 0.1) is 6.10 Å². The molecule has 1 aromatic heterocycles. The van der Waals surface area contributed by atoms with Crippen molar-refractivity contribution in [3.63, 3.8) is 0 Å². The molecular weight excluding hydrogens is 221 g/mol. The van der Waals surface area contributed by atoms with Crippen LogP contribution in [-0.2, 0) is 5.88 Å². The molecule has 1 rings (SSSR count). The highest BCUT2D eigenvalue weighted by atomic mass is 35.5. The topological polar surface area (TPSA) is 22.1 Å². The predicted molar refractivity (Wildman–Crippen MR) is 59.2 cm³/mol. The van der Waals surface area contributed by atoms with Gasteiger partial charge in [0.25, 0.3) is 0 Å². The average molecular weight is 234 g/mol. The number of hydrogen-bond acceptors (Lipinski definition) is 2. The van der Waals surface area contributed by atoms with Crippen LogP contribution in [0.5, 0.6) is 5.88 Å². The molecule has 0 N–H and O–H groups in total. The van der Waals surface area contributed by atoms with E-state index in [4.69, 9.17) is 27.9 Å². The Labute approximate surface area is 94.2 Å². The van der Waals surface area contributed by atoms with Gasteiger partial charge < -0.3 is 4.74 Å². The molecule has 14 heavy (non-hydrogen) atoms. The van der Waals surface area contributed by atoms with Crippen LogP contribution in [0.3, 0.4) is 0 Å². The van der Waals surface area contributed by atoms with E-state index in [0.29, 0.717) is 16.8 Å². The van der Waals surface area contributed by atoms with Crippen LogP contribution in [0.25, 0.3) is 0 Å². The number of rotatable bonds is 4. The lowest BCUT2D eigenvalue weighted by atomic mass is 10.3. The zero-order chi connectivity index (χ0) is 10.6. The van der Waals surface area contributed by atoms with Crippen LogP contribution >= 0.6 is 23.2 Å². The molecule has 1 aromatic rings. The van der Waals surface area contributed by atoms with Crippen molar-refractivity contribution in [1.29, 1.82) is 0 Å². The van der Waals surface area contributed by atoms with E-state index in [1.54, 1.807) is 12.3 Å². The average Bonchev–Trinajstić information content (AvgIpc) is 2.20. The van der Waals surface area contributed by atoms with Gasteiger partial charge in [-0.2, -0.15) is 0 Å². The number of alkyl halides is 1. The second-order valence-corrected chi connectivity index (χ2v) is 3.78. The maximum atomic E-state index is 5.96. The number of halogens is 2. The molecule has 0 aliphatic rings. The van der Waals surface area contributed by atoms with Gasteiger partial charge in [0.2, 0.25) is 5.88 Å². The number of aromatic nitrogens is 1. The van der Waals surface area contributed by atoms with Crippen LogP contribution in [0.15, 0.2) is 12.3 Å². The summed E-state index contributed by atoms with van der Waals surface area (Å²) in [5.41, 5.74) is 0.896. The summed E-state index contributed by atoms with van der Waals surface area (Å²) in [4.78, 5) is 4.10. The molecule has 2 nitrogen and oxygen atoms in total. The Morgan fingerprint density at radius 1 is 1.57 bits per heavy atom. The Hall–Kier alpha value is -0.470. The van der Waals surface area contributed by atoms with E-state index >= 15 is 0 Å². The molecule has 0 bridgehead atoms. The Kier molecular flexibility index (Phi) is 4.49. The molecule has 0 radical (unpaired) electrons. The molecule has 0 aliphatic carbocycles. The molecule has 0 fully saturated rings. The fourth-order valence-corrected chi connectivity index (χ4v) is 1.28. The maximum absolute atomic E-state index is 5.96. The van der Waals surface area contributed by atoms with Crippen LogP contribution < -0.4 is 4.74 Å². The van der Waals surface area contributed by atoms with E-state index in [9.17, 15) is 0 Å². The third-order valence-corrected chi connectivity index (χ3v) is 2.49. The summed E-state index contributed by atoms with van der Waals surface area (Å²) in [5, 5.41) is 0.517. The second kappa shape index (κ2) is 5.42. The molecule has 4 heteroatoms. The highest BCUT2D eigenvalue weighted by molar-refractivity contribution is 6.32. The number of nitrogens with zero attached hydrogens (tertiary/aromatic N) is 1. The second-order valence-electron chi connectivity index (χ2n) is 3.10. The Morgan fingerprint density at radius 2 is 2.29 bits per heavy atom. The highest BCUT2D eigenvalue weighted by Crippen LogP contribution is 2.24. The first kappa shape index (κ1) is 11.6. The summed E-state index contributed by atoms with van der Waals surface area (Å²) in [7, 11) is 0. The standard InChI is InChI=1S/C10H13Cl2NO/c1-3-7(2)14-10-9(12)4-8(5-11)6-13-10/h4,6-7H,3,5H2,1-2H3. The van der Waals surface area contributed by atoms with Gasteiger partial charge in [-0.15, -0.1) is 11.6 Å². The van der Waals surface area contributed by atoms with E-state index < -0.39 is 0 Å². The van der Waals surface area contributed by atoms with Gasteiger partial charge in [-0.25, -0.2) is 4.98 Å². The number of hydrogen-bond donors (Lipinski definition) is 0. The molecule has 0 aliphatic heterocycles. The largest absolute Gasteiger partial charge is 0.474 e. The van der Waals surface area contributed by atoms with Crippen LogP contribution in [0.2, 0.25) is 5.02 Å². The molecule has 0 saturated carbocycles. The van der Waals surface area contributed by atoms with E-state index in [0.717, 1.165) is 12.0 Å². The zero-order valence-corrected chi connectivity index (χ0v) is 9.77.